The quantitative estimate of drug-likeness (QED) is 0.129. The number of para-hydroxylation sites is 1. The number of amides is 2. The van der Waals surface area contributed by atoms with E-state index in [1.165, 1.54) is 0 Å². The number of hydrogen-bond acceptors (Lipinski definition) is 9. The number of aromatic nitrogens is 2. The molecule has 1 aromatic heterocycles. The molecule has 0 aliphatic carbocycles. The monoisotopic (exact) mass is 654 g/mol. The first-order valence-corrected chi connectivity index (χ1v) is 16.7. The van der Waals surface area contributed by atoms with Gasteiger partial charge in [0, 0.05) is 28.6 Å². The predicted octanol–water partition coefficient (Wildman–Crippen LogP) is 8.36. The minimum atomic E-state index is -0.611. The van der Waals surface area contributed by atoms with Gasteiger partial charge in [-0.15, -0.1) is 10.2 Å². The number of nitrogens with one attached hydrogen (secondary N) is 2. The molecule has 11 heteroatoms. The number of hydrogen-bond donors (Lipinski definition) is 3. The van der Waals surface area contributed by atoms with Gasteiger partial charge in [0.1, 0.15) is 16.5 Å². The van der Waals surface area contributed by atoms with Crippen molar-refractivity contribution in [2.24, 2.45) is 5.92 Å². The Labute approximate surface area is 276 Å². The number of rotatable bonds is 10. The van der Waals surface area contributed by atoms with Crippen LogP contribution in [0, 0.1) is 12.8 Å². The van der Waals surface area contributed by atoms with Crippen molar-refractivity contribution in [2.75, 3.05) is 16.4 Å². The molecule has 2 amide bonds. The van der Waals surface area contributed by atoms with Crippen LogP contribution in [-0.4, -0.2) is 33.2 Å². The summed E-state index contributed by atoms with van der Waals surface area (Å²) < 4.78 is 19.8. The van der Waals surface area contributed by atoms with Crippen molar-refractivity contribution in [2.45, 2.75) is 43.3 Å². The second-order valence-corrected chi connectivity index (χ2v) is 13.3. The van der Waals surface area contributed by atoms with Gasteiger partial charge in [-0.25, -0.2) is 4.79 Å². The number of benzene rings is 4. The number of ether oxygens (including phenoxy) is 3. The minimum Gasteiger partial charge on any atom is -0.457 e. The van der Waals surface area contributed by atoms with Gasteiger partial charge in [-0.1, -0.05) is 84.6 Å². The molecule has 1 aliphatic heterocycles. The molecule has 9 nitrogen and oxygen atoms in total. The summed E-state index contributed by atoms with van der Waals surface area (Å²) >= 11 is 3.20. The van der Waals surface area contributed by atoms with Crippen LogP contribution in [0.15, 0.2) is 107 Å². The molecule has 4 aromatic carbocycles. The molecule has 46 heavy (non-hydrogen) atoms. The Bertz CT molecular complexity index is 1720. The highest BCUT2D eigenvalue weighted by Crippen LogP contribution is 2.43. The lowest BCUT2D eigenvalue weighted by Crippen LogP contribution is -2.38. The first kappa shape index (κ1) is 31.7. The van der Waals surface area contributed by atoms with Crippen LogP contribution in [0.2, 0.25) is 0 Å². The Morgan fingerprint density at radius 1 is 0.848 bits per heavy atom. The summed E-state index contributed by atoms with van der Waals surface area (Å²) in [6.45, 7) is 4.06. The number of aryl methyl sites for hydroxylation is 1. The van der Waals surface area contributed by atoms with Gasteiger partial charge >= 0.3 is 6.03 Å². The van der Waals surface area contributed by atoms with Gasteiger partial charge in [-0.3, -0.25) is 0 Å². The van der Waals surface area contributed by atoms with Crippen LogP contribution < -0.4 is 15.4 Å². The van der Waals surface area contributed by atoms with Crippen molar-refractivity contribution in [3.8, 4) is 11.5 Å². The Hall–Kier alpha value is -4.26. The van der Waals surface area contributed by atoms with Crippen molar-refractivity contribution >= 4 is 40.5 Å². The second kappa shape index (κ2) is 14.9. The summed E-state index contributed by atoms with van der Waals surface area (Å²) in [6.07, 6.45) is -0.954. The fourth-order valence-corrected chi connectivity index (χ4v) is 7.05. The normalized spacial score (nSPS) is 19.4. The van der Waals surface area contributed by atoms with Gasteiger partial charge < -0.3 is 30.0 Å². The number of aliphatic hydroxyl groups is 1. The third kappa shape index (κ3) is 8.11. The van der Waals surface area contributed by atoms with E-state index in [0.29, 0.717) is 22.9 Å². The van der Waals surface area contributed by atoms with Crippen LogP contribution >= 0.6 is 23.1 Å². The molecule has 1 fully saturated rings. The van der Waals surface area contributed by atoms with E-state index in [2.05, 4.69) is 27.8 Å². The lowest BCUT2D eigenvalue weighted by molar-refractivity contribution is -0.268. The van der Waals surface area contributed by atoms with E-state index in [1.807, 2.05) is 85.8 Å². The van der Waals surface area contributed by atoms with Crippen molar-refractivity contribution in [3.63, 3.8) is 0 Å². The highest BCUT2D eigenvalue weighted by Gasteiger charge is 2.38. The molecular weight excluding hydrogens is 621 g/mol. The molecule has 5 aromatic rings. The number of carbonyl (C=O) groups excluding carboxylic acids is 1. The summed E-state index contributed by atoms with van der Waals surface area (Å²) in [5.41, 5.74) is 3.97. The van der Waals surface area contributed by atoms with Crippen LogP contribution in [0.25, 0.3) is 0 Å². The molecule has 236 valence electrons. The minimum absolute atomic E-state index is 0.0119. The van der Waals surface area contributed by atoms with E-state index in [4.69, 9.17) is 14.2 Å². The van der Waals surface area contributed by atoms with Crippen molar-refractivity contribution in [1.82, 2.24) is 10.2 Å². The summed E-state index contributed by atoms with van der Waals surface area (Å²) in [6, 6.07) is 31.6. The second-order valence-electron chi connectivity index (χ2n) is 10.9. The zero-order valence-corrected chi connectivity index (χ0v) is 27.0. The third-order valence-electron chi connectivity index (χ3n) is 7.53. The summed E-state index contributed by atoms with van der Waals surface area (Å²) in [5.74, 6) is 2.17. The Kier molecular flexibility index (Phi) is 10.3. The lowest BCUT2D eigenvalue weighted by atomic mass is 9.91. The molecule has 0 spiro atoms. The van der Waals surface area contributed by atoms with Crippen LogP contribution in [0.3, 0.4) is 0 Å². The molecule has 0 bridgehead atoms. The molecule has 3 N–H and O–H groups in total. The number of urea groups is 1. The summed E-state index contributed by atoms with van der Waals surface area (Å²) in [4.78, 5) is 12.7. The first-order chi connectivity index (χ1) is 22.4. The highest BCUT2D eigenvalue weighted by atomic mass is 32.2. The molecule has 6 rings (SSSR count). The zero-order valence-electron chi connectivity index (χ0n) is 25.3. The van der Waals surface area contributed by atoms with Crippen LogP contribution in [0.4, 0.5) is 16.2 Å². The van der Waals surface area contributed by atoms with Gasteiger partial charge in [0.25, 0.3) is 0 Å². The Balaban J connectivity index is 1.10. The van der Waals surface area contributed by atoms with Gasteiger partial charge in [0.15, 0.2) is 10.6 Å². The van der Waals surface area contributed by atoms with E-state index in [9.17, 15) is 9.90 Å². The van der Waals surface area contributed by atoms with Crippen LogP contribution in [0.5, 0.6) is 11.5 Å². The van der Waals surface area contributed by atoms with E-state index >= 15 is 0 Å². The molecule has 4 atom stereocenters. The van der Waals surface area contributed by atoms with Gasteiger partial charge in [0.05, 0.1) is 18.8 Å². The van der Waals surface area contributed by atoms with E-state index < -0.39 is 6.29 Å². The largest absolute Gasteiger partial charge is 0.457 e. The van der Waals surface area contributed by atoms with Crippen LogP contribution in [-0.2, 0) is 16.1 Å². The maximum atomic E-state index is 12.7. The Morgan fingerprint density at radius 2 is 1.48 bits per heavy atom. The van der Waals surface area contributed by atoms with Gasteiger partial charge in [-0.2, -0.15) is 0 Å². The average Bonchev–Trinajstić information content (AvgIpc) is 3.51. The van der Waals surface area contributed by atoms with Gasteiger partial charge in [0.2, 0.25) is 0 Å². The maximum Gasteiger partial charge on any atom is 0.323 e. The molecule has 0 saturated carbocycles. The number of aliphatic hydroxyl groups excluding tert-OH is 1. The SMILES string of the molecule is Cc1nnc(SC[C@@H]2O[C@H](c3ccc(NC(=O)Nc4ccc(Oc5ccccc5)cc4)cc3)O[C@H](c3ccc(CO)cc3)[C@@H]2C)s1. The van der Waals surface area contributed by atoms with Crippen molar-refractivity contribution in [1.29, 1.82) is 0 Å². The first-order valence-electron chi connectivity index (χ1n) is 14.9. The molecule has 0 unspecified atom stereocenters. The molecule has 2 heterocycles. The Morgan fingerprint density at radius 3 is 2.11 bits per heavy atom. The fraction of sp³-hybridized carbons (Fsp3) is 0.229. The number of thioether (sulfide) groups is 1. The maximum absolute atomic E-state index is 12.7. The van der Waals surface area contributed by atoms with E-state index in [1.54, 1.807) is 47.4 Å². The van der Waals surface area contributed by atoms with E-state index in [-0.39, 0.29) is 30.8 Å². The fourth-order valence-electron chi connectivity index (χ4n) is 5.05. The molecule has 0 radical (unpaired) electrons. The summed E-state index contributed by atoms with van der Waals surface area (Å²) in [7, 11) is 0. The lowest BCUT2D eigenvalue weighted by Gasteiger charge is -2.41. The summed E-state index contributed by atoms with van der Waals surface area (Å²) in [5, 5.41) is 24.6. The average molecular weight is 655 g/mol. The predicted molar refractivity (Wildman–Crippen MR) is 180 cm³/mol. The van der Waals surface area contributed by atoms with Crippen molar-refractivity contribution < 1.29 is 24.1 Å². The molecule has 1 saturated heterocycles. The zero-order chi connectivity index (χ0) is 31.9. The number of carbonyl (C=O) groups is 1. The molecular formula is C35H34N4O5S2. The topological polar surface area (TPSA) is 115 Å². The van der Waals surface area contributed by atoms with Crippen LogP contribution in [0.1, 0.15) is 41.0 Å². The molecule has 1 aliphatic rings. The number of anilines is 2. The van der Waals surface area contributed by atoms with E-state index in [0.717, 1.165) is 31.8 Å². The third-order valence-corrected chi connectivity index (χ3v) is 9.59. The number of nitrogens with zero attached hydrogens (tertiary/aromatic N) is 2. The highest BCUT2D eigenvalue weighted by molar-refractivity contribution is 8.01. The van der Waals surface area contributed by atoms with Gasteiger partial charge in [-0.05, 0) is 66.6 Å². The standard InChI is InChI=1S/C35H34N4O5S2/c1-22-31(21-45-35-39-38-23(2)46-35)43-33(44-32(22)25-10-8-24(20-40)9-11-25)26-12-14-27(15-13-26)36-34(41)37-28-16-18-30(19-17-28)42-29-6-4-3-5-7-29/h3-19,22,31-33,40H,20-21H2,1-2H3,(H2,36,37,41)/t22-,31+,32+,33+/m1/s1. The smallest absolute Gasteiger partial charge is 0.323 e. The van der Waals surface area contributed by atoms with Crippen molar-refractivity contribution in [3.05, 3.63) is 125 Å².